The van der Waals surface area contributed by atoms with Crippen LogP contribution in [0.5, 0.6) is 17.2 Å². The van der Waals surface area contributed by atoms with Crippen molar-refractivity contribution in [1.29, 1.82) is 0 Å². The van der Waals surface area contributed by atoms with Gasteiger partial charge in [0.15, 0.2) is 0 Å². The molecule has 4 rings (SSSR count). The summed E-state index contributed by atoms with van der Waals surface area (Å²) in [5.74, 6) is 1.48. The van der Waals surface area contributed by atoms with Crippen LogP contribution in [0.1, 0.15) is 33.8 Å². The van der Waals surface area contributed by atoms with Crippen molar-refractivity contribution in [3.8, 4) is 17.2 Å². The van der Waals surface area contributed by atoms with Crippen LogP contribution in [0.4, 0.5) is 5.69 Å². The first-order chi connectivity index (χ1) is 14.9. The minimum atomic E-state index is -0.519. The van der Waals surface area contributed by atoms with Gasteiger partial charge in [0.25, 0.3) is 0 Å². The molecule has 1 fully saturated rings. The standard InChI is InChI=1S/C25H24N2O4/c1-16-5-3-8-21(11-16)31-23-14-20(30-2)9-10-22(23)18-13-24(28)27(15-18)19-7-4-6-17(12-19)25(26)29/h3-12,14,18H,13,15H2,1-2H3,(H2,26,29). The van der Waals surface area contributed by atoms with E-state index in [1.165, 1.54) is 0 Å². The fraction of sp³-hybridized carbons (Fsp3) is 0.200. The zero-order chi connectivity index (χ0) is 22.0. The first-order valence-corrected chi connectivity index (χ1v) is 10.1. The normalized spacial score (nSPS) is 15.7. The van der Waals surface area contributed by atoms with E-state index in [9.17, 15) is 9.59 Å². The second-order valence-corrected chi connectivity index (χ2v) is 7.64. The molecule has 0 bridgehead atoms. The number of amides is 2. The smallest absolute Gasteiger partial charge is 0.248 e. The van der Waals surface area contributed by atoms with Crippen LogP contribution in [-0.2, 0) is 4.79 Å². The van der Waals surface area contributed by atoms with Crippen LogP contribution >= 0.6 is 0 Å². The van der Waals surface area contributed by atoms with Gasteiger partial charge in [0.1, 0.15) is 17.2 Å². The van der Waals surface area contributed by atoms with Crippen LogP contribution in [-0.4, -0.2) is 25.5 Å². The molecule has 31 heavy (non-hydrogen) atoms. The Morgan fingerprint density at radius 2 is 1.84 bits per heavy atom. The molecule has 6 nitrogen and oxygen atoms in total. The van der Waals surface area contributed by atoms with Gasteiger partial charge in [0.2, 0.25) is 11.8 Å². The molecule has 0 spiro atoms. The lowest BCUT2D eigenvalue weighted by atomic mass is 9.97. The molecule has 3 aromatic rings. The zero-order valence-corrected chi connectivity index (χ0v) is 17.5. The number of hydrogen-bond acceptors (Lipinski definition) is 4. The monoisotopic (exact) mass is 416 g/mol. The number of carbonyl (C=O) groups excluding carboxylic acids is 2. The highest BCUT2D eigenvalue weighted by Gasteiger charge is 2.33. The summed E-state index contributed by atoms with van der Waals surface area (Å²) < 4.78 is 11.6. The Hall–Kier alpha value is -3.80. The fourth-order valence-electron chi connectivity index (χ4n) is 3.87. The average molecular weight is 416 g/mol. The number of methoxy groups -OCH3 is 1. The third kappa shape index (κ3) is 4.38. The number of nitrogens with zero attached hydrogens (tertiary/aromatic N) is 1. The Kier molecular flexibility index (Phi) is 5.62. The number of rotatable bonds is 6. The van der Waals surface area contributed by atoms with Gasteiger partial charge in [-0.05, 0) is 48.9 Å². The Morgan fingerprint density at radius 1 is 1.03 bits per heavy atom. The van der Waals surface area contributed by atoms with Crippen LogP contribution in [0.2, 0.25) is 0 Å². The van der Waals surface area contributed by atoms with E-state index in [-0.39, 0.29) is 11.8 Å². The van der Waals surface area contributed by atoms with E-state index in [2.05, 4.69) is 0 Å². The third-order valence-corrected chi connectivity index (χ3v) is 5.45. The van der Waals surface area contributed by atoms with Gasteiger partial charge >= 0.3 is 0 Å². The molecule has 3 aromatic carbocycles. The molecule has 0 radical (unpaired) electrons. The van der Waals surface area contributed by atoms with Gasteiger partial charge in [0, 0.05) is 41.8 Å². The molecule has 1 heterocycles. The minimum Gasteiger partial charge on any atom is -0.497 e. The highest BCUT2D eigenvalue weighted by molar-refractivity contribution is 5.99. The van der Waals surface area contributed by atoms with Crippen LogP contribution < -0.4 is 20.1 Å². The predicted octanol–water partition coefficient (Wildman–Crippen LogP) is 4.42. The molecular weight excluding hydrogens is 392 g/mol. The lowest BCUT2D eigenvalue weighted by Crippen LogP contribution is -2.24. The van der Waals surface area contributed by atoms with Crippen molar-refractivity contribution in [1.82, 2.24) is 0 Å². The van der Waals surface area contributed by atoms with Gasteiger partial charge in [-0.2, -0.15) is 0 Å². The predicted molar refractivity (Wildman–Crippen MR) is 119 cm³/mol. The summed E-state index contributed by atoms with van der Waals surface area (Å²) in [5.41, 5.74) is 8.47. The molecule has 1 unspecified atom stereocenters. The van der Waals surface area contributed by atoms with E-state index in [0.717, 1.165) is 16.9 Å². The Bertz CT molecular complexity index is 1140. The Balaban J connectivity index is 1.64. The van der Waals surface area contributed by atoms with E-state index in [1.807, 2.05) is 55.5 Å². The van der Waals surface area contributed by atoms with Gasteiger partial charge in [-0.15, -0.1) is 0 Å². The summed E-state index contributed by atoms with van der Waals surface area (Å²) in [7, 11) is 1.61. The Morgan fingerprint density at radius 3 is 2.58 bits per heavy atom. The average Bonchev–Trinajstić information content (AvgIpc) is 3.15. The first kappa shape index (κ1) is 20.5. The number of primary amides is 1. The number of benzene rings is 3. The molecule has 1 atom stereocenters. The van der Waals surface area contributed by atoms with Crippen LogP contribution in [0.15, 0.2) is 66.7 Å². The van der Waals surface area contributed by atoms with Crippen LogP contribution in [0.3, 0.4) is 0 Å². The van der Waals surface area contributed by atoms with Crippen molar-refractivity contribution >= 4 is 17.5 Å². The van der Waals surface area contributed by atoms with Crippen molar-refractivity contribution in [3.63, 3.8) is 0 Å². The number of ether oxygens (including phenoxy) is 2. The maximum Gasteiger partial charge on any atom is 0.248 e. The summed E-state index contributed by atoms with van der Waals surface area (Å²) >= 11 is 0. The van der Waals surface area contributed by atoms with E-state index in [0.29, 0.717) is 35.7 Å². The second kappa shape index (κ2) is 8.52. The summed E-state index contributed by atoms with van der Waals surface area (Å²) in [6.45, 7) is 2.49. The van der Waals surface area contributed by atoms with Crippen molar-refractivity contribution in [2.45, 2.75) is 19.3 Å². The van der Waals surface area contributed by atoms with Gasteiger partial charge in [0.05, 0.1) is 7.11 Å². The second-order valence-electron chi connectivity index (χ2n) is 7.64. The largest absolute Gasteiger partial charge is 0.497 e. The molecule has 158 valence electrons. The number of carbonyl (C=O) groups is 2. The maximum atomic E-state index is 12.8. The molecule has 1 saturated heterocycles. The third-order valence-electron chi connectivity index (χ3n) is 5.45. The van der Waals surface area contributed by atoms with Crippen molar-refractivity contribution in [3.05, 3.63) is 83.4 Å². The summed E-state index contributed by atoms with van der Waals surface area (Å²) in [6.07, 6.45) is 0.345. The summed E-state index contributed by atoms with van der Waals surface area (Å²) in [5, 5.41) is 0. The van der Waals surface area contributed by atoms with Crippen molar-refractivity contribution < 1.29 is 19.1 Å². The van der Waals surface area contributed by atoms with Gasteiger partial charge < -0.3 is 20.1 Å². The quantitative estimate of drug-likeness (QED) is 0.645. The number of aryl methyl sites for hydroxylation is 1. The van der Waals surface area contributed by atoms with E-state index in [1.54, 1.807) is 30.2 Å². The Labute approximate surface area is 181 Å². The molecule has 0 aliphatic carbocycles. The lowest BCUT2D eigenvalue weighted by Gasteiger charge is -2.19. The topological polar surface area (TPSA) is 81.9 Å². The number of anilines is 1. The van der Waals surface area contributed by atoms with Gasteiger partial charge in [-0.25, -0.2) is 0 Å². The van der Waals surface area contributed by atoms with Crippen molar-refractivity contribution in [2.24, 2.45) is 5.73 Å². The van der Waals surface area contributed by atoms with E-state index in [4.69, 9.17) is 15.2 Å². The zero-order valence-electron chi connectivity index (χ0n) is 17.5. The number of nitrogens with two attached hydrogens (primary N) is 1. The first-order valence-electron chi connectivity index (χ1n) is 10.1. The highest BCUT2D eigenvalue weighted by Crippen LogP contribution is 2.39. The molecular formula is C25H24N2O4. The number of hydrogen-bond donors (Lipinski definition) is 1. The van der Waals surface area contributed by atoms with Gasteiger partial charge in [-0.3, -0.25) is 9.59 Å². The molecule has 0 aromatic heterocycles. The minimum absolute atomic E-state index is 0.0102. The van der Waals surface area contributed by atoms with E-state index >= 15 is 0 Å². The molecule has 2 amide bonds. The van der Waals surface area contributed by atoms with Crippen molar-refractivity contribution in [2.75, 3.05) is 18.6 Å². The van der Waals surface area contributed by atoms with Gasteiger partial charge in [-0.1, -0.05) is 24.3 Å². The van der Waals surface area contributed by atoms with E-state index < -0.39 is 5.91 Å². The van der Waals surface area contributed by atoms with Crippen LogP contribution in [0.25, 0.3) is 0 Å². The molecule has 1 aliphatic heterocycles. The van der Waals surface area contributed by atoms with Crippen LogP contribution in [0, 0.1) is 6.92 Å². The molecule has 0 saturated carbocycles. The molecule has 2 N–H and O–H groups in total. The maximum absolute atomic E-state index is 12.8. The highest BCUT2D eigenvalue weighted by atomic mass is 16.5. The fourth-order valence-corrected chi connectivity index (χ4v) is 3.87. The SMILES string of the molecule is COc1ccc(C2CC(=O)N(c3cccc(C(N)=O)c3)C2)c(Oc2cccc(C)c2)c1. The summed E-state index contributed by atoms with van der Waals surface area (Å²) in [4.78, 5) is 26.0. The summed E-state index contributed by atoms with van der Waals surface area (Å²) in [6, 6.07) is 20.3. The molecule has 1 aliphatic rings. The molecule has 6 heteroatoms. The lowest BCUT2D eigenvalue weighted by molar-refractivity contribution is -0.117.